The van der Waals surface area contributed by atoms with Crippen LogP contribution in [0.5, 0.6) is 11.5 Å². The number of likely N-dealkylation sites (tertiary alicyclic amines) is 1. The Hall–Kier alpha value is -2.71. The van der Waals surface area contributed by atoms with Gasteiger partial charge in [0.15, 0.2) is 6.67 Å². The van der Waals surface area contributed by atoms with E-state index in [1.165, 1.54) is 4.90 Å². The highest BCUT2D eigenvalue weighted by atomic mass is 32.1. The van der Waals surface area contributed by atoms with E-state index in [2.05, 4.69) is 16.5 Å². The van der Waals surface area contributed by atoms with Gasteiger partial charge in [-0.25, -0.2) is 0 Å². The third-order valence-electron chi connectivity index (χ3n) is 5.29. The summed E-state index contributed by atoms with van der Waals surface area (Å²) in [5.74, 6) is 1.73. The van der Waals surface area contributed by atoms with E-state index in [1.807, 2.05) is 47.1 Å². The number of ether oxygens (including phenoxy) is 2. The van der Waals surface area contributed by atoms with Crippen molar-refractivity contribution in [1.29, 1.82) is 0 Å². The number of quaternary nitrogens is 1. The number of methoxy groups -OCH3 is 2. The van der Waals surface area contributed by atoms with Gasteiger partial charge in [0.25, 0.3) is 0 Å². The van der Waals surface area contributed by atoms with Gasteiger partial charge in [-0.05, 0) is 53.0 Å². The molecule has 2 heterocycles. The molecule has 146 valence electrons. The maximum atomic E-state index is 5.63. The Morgan fingerprint density at radius 3 is 2.68 bits per heavy atom. The zero-order valence-electron chi connectivity index (χ0n) is 16.0. The Bertz CT molecular complexity index is 1000. The molecule has 0 spiro atoms. The number of benzene rings is 2. The van der Waals surface area contributed by atoms with Crippen molar-refractivity contribution in [3.05, 3.63) is 58.9 Å². The predicted octanol–water partition coefficient (Wildman–Crippen LogP) is 2.19. The van der Waals surface area contributed by atoms with Gasteiger partial charge in [-0.1, -0.05) is 18.2 Å². The second-order valence-corrected chi connectivity index (χ2v) is 7.24. The van der Waals surface area contributed by atoms with Crippen molar-refractivity contribution in [3.63, 3.8) is 0 Å². The van der Waals surface area contributed by atoms with Crippen LogP contribution in [0.1, 0.15) is 24.4 Å². The molecule has 1 aliphatic heterocycles. The van der Waals surface area contributed by atoms with Crippen LogP contribution in [-0.4, -0.2) is 40.6 Å². The summed E-state index contributed by atoms with van der Waals surface area (Å²) in [5.41, 5.74) is 2.08. The molecule has 0 radical (unpaired) electrons. The molecule has 2 aromatic carbocycles. The van der Waals surface area contributed by atoms with Crippen LogP contribution >= 0.6 is 12.2 Å². The van der Waals surface area contributed by atoms with E-state index in [0.717, 1.165) is 42.1 Å². The Balaban J connectivity index is 1.61. The highest BCUT2D eigenvalue weighted by Crippen LogP contribution is 2.31. The topological polar surface area (TPSA) is 58.5 Å². The van der Waals surface area contributed by atoms with Crippen molar-refractivity contribution in [2.75, 3.05) is 20.8 Å². The lowest BCUT2D eigenvalue weighted by Gasteiger charge is -2.23. The summed E-state index contributed by atoms with van der Waals surface area (Å²) in [4.78, 5) is 1.39. The fourth-order valence-corrected chi connectivity index (χ4v) is 4.13. The van der Waals surface area contributed by atoms with E-state index in [1.54, 1.807) is 18.9 Å². The Labute approximate surface area is 169 Å². The van der Waals surface area contributed by atoms with Crippen LogP contribution in [0, 0.1) is 4.77 Å². The summed E-state index contributed by atoms with van der Waals surface area (Å²) in [6.07, 6.45) is 2.22. The van der Waals surface area contributed by atoms with E-state index < -0.39 is 0 Å². The second kappa shape index (κ2) is 8.12. The smallest absolute Gasteiger partial charge is 0.225 e. The van der Waals surface area contributed by atoms with Crippen molar-refractivity contribution in [2.45, 2.75) is 25.6 Å². The van der Waals surface area contributed by atoms with E-state index in [-0.39, 0.29) is 0 Å². The molecule has 1 N–H and O–H groups in total. The SMILES string of the molecule is COc1ccc(OC)c([C@H]2CCC[NH+]2Cn2nnn(-c3ccccc3)c2=S)c1. The summed E-state index contributed by atoms with van der Waals surface area (Å²) in [5, 5.41) is 8.56. The van der Waals surface area contributed by atoms with Crippen molar-refractivity contribution < 1.29 is 14.4 Å². The highest BCUT2D eigenvalue weighted by Gasteiger charge is 2.33. The minimum Gasteiger partial charge on any atom is -0.497 e. The van der Waals surface area contributed by atoms with Gasteiger partial charge in [0.1, 0.15) is 17.5 Å². The molecule has 8 heteroatoms. The largest absolute Gasteiger partial charge is 0.497 e. The van der Waals surface area contributed by atoms with Gasteiger partial charge in [0.2, 0.25) is 4.77 Å². The Kier molecular flexibility index (Phi) is 5.40. The maximum Gasteiger partial charge on any atom is 0.225 e. The molecule has 0 bridgehead atoms. The number of hydrogen-bond donors (Lipinski definition) is 1. The first-order valence-electron chi connectivity index (χ1n) is 9.36. The molecule has 1 fully saturated rings. The number of tetrazole rings is 1. The van der Waals surface area contributed by atoms with E-state index in [9.17, 15) is 0 Å². The zero-order valence-corrected chi connectivity index (χ0v) is 16.9. The van der Waals surface area contributed by atoms with Gasteiger partial charge in [-0.3, -0.25) is 0 Å². The van der Waals surface area contributed by atoms with Gasteiger partial charge in [0.05, 0.1) is 32.0 Å². The van der Waals surface area contributed by atoms with Crippen LogP contribution in [0.15, 0.2) is 48.5 Å². The average molecular weight is 399 g/mol. The monoisotopic (exact) mass is 398 g/mol. The number of para-hydroxylation sites is 1. The first-order valence-corrected chi connectivity index (χ1v) is 9.77. The van der Waals surface area contributed by atoms with Gasteiger partial charge in [-0.15, -0.1) is 0 Å². The summed E-state index contributed by atoms with van der Waals surface area (Å²) >= 11 is 5.63. The average Bonchev–Trinajstić information content (AvgIpc) is 3.35. The molecule has 28 heavy (non-hydrogen) atoms. The highest BCUT2D eigenvalue weighted by molar-refractivity contribution is 7.71. The van der Waals surface area contributed by atoms with Crippen LogP contribution in [0.3, 0.4) is 0 Å². The quantitative estimate of drug-likeness (QED) is 0.645. The Morgan fingerprint density at radius 1 is 1.11 bits per heavy atom. The summed E-state index contributed by atoms with van der Waals surface area (Å²) in [6, 6.07) is 16.1. The van der Waals surface area contributed by atoms with Gasteiger partial charge < -0.3 is 14.4 Å². The van der Waals surface area contributed by atoms with Gasteiger partial charge in [0, 0.05) is 12.8 Å². The lowest BCUT2D eigenvalue weighted by molar-refractivity contribution is -0.941. The molecule has 0 aliphatic carbocycles. The minimum atomic E-state index is 0.300. The molecule has 2 atom stereocenters. The number of nitrogens with zero attached hydrogens (tertiary/aromatic N) is 4. The molecule has 1 aromatic heterocycles. The number of rotatable bonds is 6. The summed E-state index contributed by atoms with van der Waals surface area (Å²) < 4.78 is 15.1. The molecule has 4 rings (SSSR count). The molecular formula is C20H24N5O2S+. The van der Waals surface area contributed by atoms with E-state index >= 15 is 0 Å². The lowest BCUT2D eigenvalue weighted by atomic mass is 10.0. The molecule has 1 saturated heterocycles. The standard InChI is InChI=1S/C20H23N5O2S/c1-26-16-10-11-19(27-2)17(13-16)18-9-6-12-23(18)14-24-20(28)25(22-21-24)15-7-4-3-5-8-15/h3-5,7-8,10-11,13,18H,6,9,12,14H2,1-2H3/p+1/t18-/m1/s1. The fourth-order valence-electron chi connectivity index (χ4n) is 3.89. The molecule has 0 amide bonds. The molecule has 3 aromatic rings. The first kappa shape index (κ1) is 18.6. The van der Waals surface area contributed by atoms with Crippen LogP contribution in [-0.2, 0) is 6.67 Å². The van der Waals surface area contributed by atoms with E-state index in [0.29, 0.717) is 17.5 Å². The summed E-state index contributed by atoms with van der Waals surface area (Å²) in [6.45, 7) is 1.71. The molecular weight excluding hydrogens is 374 g/mol. The molecule has 7 nitrogen and oxygen atoms in total. The Morgan fingerprint density at radius 2 is 1.93 bits per heavy atom. The van der Waals surface area contributed by atoms with Crippen LogP contribution in [0.4, 0.5) is 0 Å². The van der Waals surface area contributed by atoms with Crippen LogP contribution < -0.4 is 14.4 Å². The first-order chi connectivity index (χ1) is 13.7. The number of nitrogens with one attached hydrogen (secondary N) is 1. The summed E-state index contributed by atoms with van der Waals surface area (Å²) in [7, 11) is 3.40. The van der Waals surface area contributed by atoms with Gasteiger partial charge in [-0.2, -0.15) is 9.36 Å². The molecule has 1 aliphatic rings. The van der Waals surface area contributed by atoms with Crippen molar-refractivity contribution in [2.24, 2.45) is 0 Å². The fraction of sp³-hybridized carbons (Fsp3) is 0.350. The molecule has 0 saturated carbocycles. The second-order valence-electron chi connectivity index (χ2n) is 6.88. The third kappa shape index (κ3) is 3.53. The maximum absolute atomic E-state index is 5.63. The van der Waals surface area contributed by atoms with Crippen molar-refractivity contribution in [1.82, 2.24) is 19.8 Å². The number of aromatic nitrogens is 4. The zero-order chi connectivity index (χ0) is 19.5. The minimum absolute atomic E-state index is 0.300. The van der Waals surface area contributed by atoms with Crippen molar-refractivity contribution in [3.8, 4) is 17.2 Å². The molecule has 1 unspecified atom stereocenters. The lowest BCUT2D eigenvalue weighted by Crippen LogP contribution is -3.09. The van der Waals surface area contributed by atoms with Gasteiger partial charge >= 0.3 is 0 Å². The van der Waals surface area contributed by atoms with Crippen LogP contribution in [0.2, 0.25) is 0 Å². The van der Waals surface area contributed by atoms with E-state index in [4.69, 9.17) is 21.7 Å². The van der Waals surface area contributed by atoms with Crippen LogP contribution in [0.25, 0.3) is 5.69 Å². The number of hydrogen-bond acceptors (Lipinski definition) is 5. The predicted molar refractivity (Wildman–Crippen MR) is 108 cm³/mol. The third-order valence-corrected chi connectivity index (χ3v) is 5.67. The normalized spacial score (nSPS) is 18.9. The van der Waals surface area contributed by atoms with Crippen molar-refractivity contribution >= 4 is 12.2 Å².